The van der Waals surface area contributed by atoms with Crippen LogP contribution in [-0.4, -0.2) is 30.1 Å². The molecule has 0 spiro atoms. The third-order valence-corrected chi connectivity index (χ3v) is 6.69. The molecule has 7 heteroatoms. The van der Waals surface area contributed by atoms with E-state index < -0.39 is 23.1 Å². The summed E-state index contributed by atoms with van der Waals surface area (Å²) in [6, 6.07) is 11.1. The highest BCUT2D eigenvalue weighted by Gasteiger charge is 2.62. The molecule has 32 heavy (non-hydrogen) atoms. The van der Waals surface area contributed by atoms with Gasteiger partial charge in [-0.1, -0.05) is 42.5 Å². The number of imide groups is 1. The Morgan fingerprint density at radius 2 is 2.00 bits per heavy atom. The van der Waals surface area contributed by atoms with E-state index in [1.807, 2.05) is 18.2 Å². The van der Waals surface area contributed by atoms with Crippen LogP contribution in [0.25, 0.3) is 0 Å². The number of allylic oxidation sites excluding steroid dienone is 3. The van der Waals surface area contributed by atoms with Crippen LogP contribution in [0.15, 0.2) is 66.8 Å². The van der Waals surface area contributed by atoms with Crippen molar-refractivity contribution in [3.05, 3.63) is 83.2 Å². The number of rotatable bonds is 6. The number of hydrogen-bond acceptors (Lipinski definition) is 4. The topological polar surface area (TPSA) is 66.8 Å². The quantitative estimate of drug-likeness (QED) is 0.644. The number of ether oxygens (including phenoxy) is 1. The number of carbonyl (C=O) groups excluding carboxylic acids is 2. The number of halogens is 2. The first-order valence-electron chi connectivity index (χ1n) is 10.3. The second-order valence-electron chi connectivity index (χ2n) is 8.13. The molecule has 1 fully saturated rings. The average molecular weight is 456 g/mol. The van der Waals surface area contributed by atoms with Gasteiger partial charge in [-0.25, -0.2) is 9.29 Å². The van der Waals surface area contributed by atoms with Crippen molar-refractivity contribution in [3.8, 4) is 5.75 Å². The van der Waals surface area contributed by atoms with Crippen LogP contribution in [0.3, 0.4) is 0 Å². The fourth-order valence-electron chi connectivity index (χ4n) is 4.82. The smallest absolute Gasteiger partial charge is 0.241 e. The van der Waals surface area contributed by atoms with Crippen molar-refractivity contribution in [1.29, 1.82) is 0 Å². The van der Waals surface area contributed by atoms with Gasteiger partial charge in [-0.3, -0.25) is 9.59 Å². The monoisotopic (exact) mass is 455 g/mol. The number of fused-ring (bicyclic) bond motifs is 1. The summed E-state index contributed by atoms with van der Waals surface area (Å²) in [5.74, 6) is -1.67. The van der Waals surface area contributed by atoms with Gasteiger partial charge in [0.2, 0.25) is 11.8 Å². The van der Waals surface area contributed by atoms with Gasteiger partial charge in [0.15, 0.2) is 0 Å². The van der Waals surface area contributed by atoms with E-state index in [1.165, 1.54) is 12.1 Å². The van der Waals surface area contributed by atoms with Gasteiger partial charge in [-0.2, -0.15) is 0 Å². The van der Waals surface area contributed by atoms with E-state index in [4.69, 9.17) is 21.4 Å². The lowest BCUT2D eigenvalue weighted by Gasteiger charge is -2.40. The van der Waals surface area contributed by atoms with E-state index in [0.717, 1.165) is 22.1 Å². The Balaban J connectivity index is 1.77. The lowest BCUT2D eigenvalue weighted by atomic mass is 9.60. The van der Waals surface area contributed by atoms with Crippen LogP contribution >= 0.6 is 11.6 Å². The third-order valence-electron chi connectivity index (χ3n) is 6.40. The van der Waals surface area contributed by atoms with Gasteiger partial charge in [0.05, 0.1) is 28.6 Å². The zero-order chi connectivity index (χ0) is 23.0. The molecule has 2 aliphatic rings. The number of benzene rings is 2. The van der Waals surface area contributed by atoms with E-state index in [1.54, 1.807) is 25.1 Å². The molecule has 1 N–H and O–H groups in total. The van der Waals surface area contributed by atoms with E-state index in [2.05, 4.69) is 6.58 Å². The van der Waals surface area contributed by atoms with Gasteiger partial charge in [0.1, 0.15) is 18.2 Å². The van der Waals surface area contributed by atoms with Crippen LogP contribution in [0.2, 0.25) is 5.02 Å². The van der Waals surface area contributed by atoms with Crippen LogP contribution in [-0.2, 0) is 9.59 Å². The molecule has 166 valence electrons. The van der Waals surface area contributed by atoms with Crippen LogP contribution in [0.4, 0.5) is 10.1 Å². The molecule has 3 unspecified atom stereocenters. The Labute approximate surface area is 190 Å². The van der Waals surface area contributed by atoms with Crippen LogP contribution in [0.5, 0.6) is 5.75 Å². The number of aliphatic hydroxyl groups is 1. The minimum absolute atomic E-state index is 0.0900. The van der Waals surface area contributed by atoms with Gasteiger partial charge in [-0.15, -0.1) is 0 Å². The molecular weight excluding hydrogens is 433 g/mol. The van der Waals surface area contributed by atoms with E-state index >= 15 is 0 Å². The first-order chi connectivity index (χ1) is 15.3. The molecule has 1 aliphatic heterocycles. The number of aliphatic hydroxyl groups excluding tert-OH is 1. The van der Waals surface area contributed by atoms with Gasteiger partial charge in [-0.05, 0) is 54.8 Å². The molecule has 4 rings (SSSR count). The van der Waals surface area contributed by atoms with Crippen molar-refractivity contribution in [2.75, 3.05) is 18.1 Å². The van der Waals surface area contributed by atoms with Crippen molar-refractivity contribution in [3.63, 3.8) is 0 Å². The summed E-state index contributed by atoms with van der Waals surface area (Å²) in [5, 5.41) is 8.80. The molecule has 0 radical (unpaired) electrons. The van der Waals surface area contributed by atoms with Gasteiger partial charge < -0.3 is 9.84 Å². The maximum Gasteiger partial charge on any atom is 0.241 e. The predicted octanol–water partition coefficient (Wildman–Crippen LogP) is 4.65. The van der Waals surface area contributed by atoms with E-state index in [0.29, 0.717) is 12.2 Å². The van der Waals surface area contributed by atoms with Crippen LogP contribution in [0, 0.1) is 17.2 Å². The Hall–Kier alpha value is -2.96. The number of hydrogen-bond donors (Lipinski definition) is 1. The van der Waals surface area contributed by atoms with Gasteiger partial charge in [0, 0.05) is 5.92 Å². The van der Waals surface area contributed by atoms with Crippen molar-refractivity contribution in [1.82, 2.24) is 0 Å². The summed E-state index contributed by atoms with van der Waals surface area (Å²) < 4.78 is 19.1. The number of amides is 2. The minimum atomic E-state index is -1.05. The van der Waals surface area contributed by atoms with E-state index in [-0.39, 0.29) is 35.7 Å². The Kier molecular flexibility index (Phi) is 5.93. The summed E-state index contributed by atoms with van der Waals surface area (Å²) in [6.07, 6.45) is 4.08. The molecule has 5 nitrogen and oxygen atoms in total. The molecule has 1 aliphatic carbocycles. The lowest BCUT2D eigenvalue weighted by Crippen LogP contribution is -2.41. The lowest BCUT2D eigenvalue weighted by molar-refractivity contribution is -0.127. The summed E-state index contributed by atoms with van der Waals surface area (Å²) in [5.41, 5.74) is 0.922. The average Bonchev–Trinajstić information content (AvgIpc) is 2.99. The second-order valence-corrected chi connectivity index (χ2v) is 8.54. The van der Waals surface area contributed by atoms with Crippen LogP contribution < -0.4 is 9.64 Å². The molecule has 0 bridgehead atoms. The highest BCUT2D eigenvalue weighted by atomic mass is 35.5. The zero-order valence-electron chi connectivity index (χ0n) is 17.6. The highest BCUT2D eigenvalue weighted by molar-refractivity contribution is 6.31. The Bertz CT molecular complexity index is 1110. The van der Waals surface area contributed by atoms with Crippen molar-refractivity contribution >= 4 is 29.1 Å². The normalized spacial score (nSPS) is 24.9. The minimum Gasteiger partial charge on any atom is -0.491 e. The fraction of sp³-hybridized carbons (Fsp3) is 0.280. The molecule has 2 aromatic rings. The second kappa shape index (κ2) is 8.52. The summed E-state index contributed by atoms with van der Waals surface area (Å²) in [7, 11) is 0. The number of anilines is 1. The van der Waals surface area contributed by atoms with Gasteiger partial charge in [0.25, 0.3) is 0 Å². The molecular formula is C25H23ClFNO4. The molecule has 0 saturated carbocycles. The SMILES string of the molecule is C=CC1=CCC2C(=O)N(c3ccc(F)c(Cl)c3)C(=O)C2(C)C1c1ccc(OCCO)cc1. The summed E-state index contributed by atoms with van der Waals surface area (Å²) in [6.45, 7) is 5.82. The first kappa shape index (κ1) is 22.2. The molecule has 3 atom stereocenters. The van der Waals surface area contributed by atoms with Gasteiger partial charge >= 0.3 is 0 Å². The summed E-state index contributed by atoms with van der Waals surface area (Å²) >= 11 is 5.92. The van der Waals surface area contributed by atoms with Crippen molar-refractivity contribution in [2.24, 2.45) is 11.3 Å². The first-order valence-corrected chi connectivity index (χ1v) is 10.7. The van der Waals surface area contributed by atoms with Crippen molar-refractivity contribution < 1.29 is 23.8 Å². The molecule has 1 saturated heterocycles. The number of nitrogens with zero attached hydrogens (tertiary/aromatic N) is 1. The predicted molar refractivity (Wildman–Crippen MR) is 120 cm³/mol. The maximum absolute atomic E-state index is 13.8. The summed E-state index contributed by atoms with van der Waals surface area (Å²) in [4.78, 5) is 28.3. The Morgan fingerprint density at radius 1 is 1.28 bits per heavy atom. The third kappa shape index (κ3) is 3.44. The largest absolute Gasteiger partial charge is 0.491 e. The molecule has 2 aromatic carbocycles. The molecule has 0 aromatic heterocycles. The number of carbonyl (C=O) groups is 2. The molecule has 1 heterocycles. The van der Waals surface area contributed by atoms with Crippen LogP contribution in [0.1, 0.15) is 24.8 Å². The molecule has 2 amide bonds. The zero-order valence-corrected chi connectivity index (χ0v) is 18.3. The van der Waals surface area contributed by atoms with E-state index in [9.17, 15) is 14.0 Å². The standard InChI is InChI=1S/C25H23ClFNO4/c1-3-15-6-10-19-23(30)28(17-7-11-21(27)20(26)14-17)24(31)25(19,2)22(15)16-4-8-18(9-5-16)32-13-12-29/h3-9,11,14,19,22,29H,1,10,12-13H2,2H3. The maximum atomic E-state index is 13.8. The fourth-order valence-corrected chi connectivity index (χ4v) is 4.99. The Morgan fingerprint density at radius 3 is 2.62 bits per heavy atom. The van der Waals surface area contributed by atoms with Crippen molar-refractivity contribution in [2.45, 2.75) is 19.3 Å². The highest BCUT2D eigenvalue weighted by Crippen LogP contribution is 2.56.